The second-order valence-electron chi connectivity index (χ2n) is 6.46. The third kappa shape index (κ3) is 6.47. The molecule has 0 saturated heterocycles. The number of hydrazone groups is 1. The van der Waals surface area contributed by atoms with E-state index in [9.17, 15) is 9.59 Å². The Bertz CT molecular complexity index is 1130. The number of amides is 2. The number of hydrogen-bond donors (Lipinski definition) is 2. The molecule has 0 heterocycles. The summed E-state index contributed by atoms with van der Waals surface area (Å²) in [6.45, 7) is 0.335. The Morgan fingerprint density at radius 2 is 1.72 bits per heavy atom. The zero-order valence-electron chi connectivity index (χ0n) is 17.0. The Morgan fingerprint density at radius 1 is 0.969 bits per heavy atom. The largest absolute Gasteiger partial charge is 0.495 e. The van der Waals surface area contributed by atoms with Crippen molar-refractivity contribution in [3.63, 3.8) is 0 Å². The lowest BCUT2D eigenvalue weighted by molar-refractivity contribution is -0.136. The predicted molar refractivity (Wildman–Crippen MR) is 125 cm³/mol. The van der Waals surface area contributed by atoms with Gasteiger partial charge in [0.05, 0.1) is 29.1 Å². The molecule has 0 aliphatic rings. The van der Waals surface area contributed by atoms with E-state index in [2.05, 4.69) is 15.8 Å². The van der Waals surface area contributed by atoms with Gasteiger partial charge in [-0.15, -0.1) is 0 Å². The zero-order valence-corrected chi connectivity index (χ0v) is 18.5. The van der Waals surface area contributed by atoms with Crippen molar-refractivity contribution in [3.8, 4) is 11.5 Å². The van der Waals surface area contributed by atoms with Gasteiger partial charge < -0.3 is 14.8 Å². The minimum Gasteiger partial charge on any atom is -0.495 e. The van der Waals surface area contributed by atoms with Crippen LogP contribution in [-0.4, -0.2) is 25.1 Å². The lowest BCUT2D eigenvalue weighted by Gasteiger charge is -2.08. The van der Waals surface area contributed by atoms with E-state index in [1.165, 1.54) is 13.3 Å². The molecule has 3 rings (SSSR count). The number of para-hydroxylation sites is 2. The van der Waals surface area contributed by atoms with Gasteiger partial charge in [-0.2, -0.15) is 5.10 Å². The van der Waals surface area contributed by atoms with Gasteiger partial charge in [-0.25, -0.2) is 5.43 Å². The van der Waals surface area contributed by atoms with Gasteiger partial charge in [0.25, 0.3) is 0 Å². The van der Waals surface area contributed by atoms with E-state index >= 15 is 0 Å². The van der Waals surface area contributed by atoms with Gasteiger partial charge in [-0.3, -0.25) is 9.59 Å². The summed E-state index contributed by atoms with van der Waals surface area (Å²) < 4.78 is 10.8. The lowest BCUT2D eigenvalue weighted by atomic mass is 10.2. The summed E-state index contributed by atoms with van der Waals surface area (Å²) in [6, 6.07) is 19.1. The lowest BCUT2D eigenvalue weighted by Crippen LogP contribution is -2.32. The van der Waals surface area contributed by atoms with Crippen LogP contribution in [0.3, 0.4) is 0 Å². The maximum absolute atomic E-state index is 12.0. The fourth-order valence-corrected chi connectivity index (χ4v) is 2.91. The fraction of sp³-hybridized carbons (Fsp3) is 0.0870. The quantitative estimate of drug-likeness (QED) is 0.297. The minimum atomic E-state index is -0.909. The smallest absolute Gasteiger partial charge is 0.329 e. The van der Waals surface area contributed by atoms with Crippen LogP contribution < -0.4 is 20.2 Å². The molecule has 2 amide bonds. The van der Waals surface area contributed by atoms with Crippen LogP contribution in [0.15, 0.2) is 71.8 Å². The molecular weight excluding hydrogens is 453 g/mol. The number of nitrogens with one attached hydrogen (secondary N) is 2. The molecule has 3 aromatic rings. The molecule has 0 atom stereocenters. The molecule has 7 nitrogen and oxygen atoms in total. The topological polar surface area (TPSA) is 89.0 Å². The van der Waals surface area contributed by atoms with E-state index in [0.717, 1.165) is 5.56 Å². The molecule has 0 saturated carbocycles. The van der Waals surface area contributed by atoms with Gasteiger partial charge in [-0.1, -0.05) is 41.4 Å². The van der Waals surface area contributed by atoms with E-state index in [1.807, 2.05) is 6.07 Å². The number of benzene rings is 3. The monoisotopic (exact) mass is 471 g/mol. The molecule has 2 N–H and O–H groups in total. The SMILES string of the molecule is COc1ccccc1NC(=O)C(=O)N/N=C\c1ccc(OCc2ccc(Cl)c(Cl)c2)cc1. The summed E-state index contributed by atoms with van der Waals surface area (Å²) in [5.41, 5.74) is 4.16. The molecule has 0 aromatic heterocycles. The number of carbonyl (C=O) groups excluding carboxylic acids is 2. The van der Waals surface area contributed by atoms with Gasteiger partial charge >= 0.3 is 11.8 Å². The number of carbonyl (C=O) groups is 2. The van der Waals surface area contributed by atoms with E-state index in [-0.39, 0.29) is 0 Å². The van der Waals surface area contributed by atoms with E-state index < -0.39 is 11.8 Å². The zero-order chi connectivity index (χ0) is 22.9. The second-order valence-corrected chi connectivity index (χ2v) is 7.27. The molecule has 9 heteroatoms. The minimum absolute atomic E-state index is 0.335. The van der Waals surface area contributed by atoms with Crippen molar-refractivity contribution < 1.29 is 19.1 Å². The van der Waals surface area contributed by atoms with Gasteiger partial charge in [0.15, 0.2) is 0 Å². The van der Waals surface area contributed by atoms with Crippen molar-refractivity contribution in [3.05, 3.63) is 87.9 Å². The molecule has 164 valence electrons. The van der Waals surface area contributed by atoms with Crippen LogP contribution in [0.5, 0.6) is 11.5 Å². The van der Waals surface area contributed by atoms with Crippen LogP contribution in [-0.2, 0) is 16.2 Å². The Kier molecular flexibility index (Phi) is 8.08. The van der Waals surface area contributed by atoms with Crippen LogP contribution in [0.25, 0.3) is 0 Å². The normalized spacial score (nSPS) is 10.6. The van der Waals surface area contributed by atoms with E-state index in [0.29, 0.717) is 39.4 Å². The summed E-state index contributed by atoms with van der Waals surface area (Å²) >= 11 is 11.9. The summed E-state index contributed by atoms with van der Waals surface area (Å²) in [5, 5.41) is 7.23. The Balaban J connectivity index is 1.49. The number of methoxy groups -OCH3 is 1. The molecule has 0 bridgehead atoms. The van der Waals surface area contributed by atoms with Crippen LogP contribution in [0.2, 0.25) is 10.0 Å². The summed E-state index contributed by atoms with van der Waals surface area (Å²) in [4.78, 5) is 24.0. The highest BCUT2D eigenvalue weighted by Crippen LogP contribution is 2.24. The third-order valence-corrected chi connectivity index (χ3v) is 4.95. The fourth-order valence-electron chi connectivity index (χ4n) is 2.59. The molecule has 3 aromatic carbocycles. The van der Waals surface area contributed by atoms with E-state index in [4.69, 9.17) is 32.7 Å². The molecule has 0 radical (unpaired) electrons. The average molecular weight is 472 g/mol. The highest BCUT2D eigenvalue weighted by Gasteiger charge is 2.14. The standard InChI is InChI=1S/C23H19Cl2N3O4/c1-31-21-5-3-2-4-20(21)27-22(29)23(30)28-26-13-15-6-9-17(10-7-15)32-14-16-8-11-18(24)19(25)12-16/h2-13H,14H2,1H3,(H,27,29)(H,28,30)/b26-13-. The molecule has 32 heavy (non-hydrogen) atoms. The number of nitrogens with zero attached hydrogens (tertiary/aromatic N) is 1. The summed E-state index contributed by atoms with van der Waals surface area (Å²) in [7, 11) is 1.47. The predicted octanol–water partition coefficient (Wildman–Crippen LogP) is 4.67. The summed E-state index contributed by atoms with van der Waals surface area (Å²) in [5.74, 6) is -0.682. The van der Waals surface area contributed by atoms with Crippen LogP contribution in [0.4, 0.5) is 5.69 Å². The van der Waals surface area contributed by atoms with Crippen molar-refractivity contribution in [1.29, 1.82) is 0 Å². The number of anilines is 1. The van der Waals surface area contributed by atoms with Crippen molar-refractivity contribution in [1.82, 2.24) is 5.43 Å². The van der Waals surface area contributed by atoms with Crippen molar-refractivity contribution in [2.24, 2.45) is 5.10 Å². The first kappa shape index (κ1) is 23.1. The molecular formula is C23H19Cl2N3O4. The number of rotatable bonds is 7. The van der Waals surface area contributed by atoms with Gasteiger partial charge in [-0.05, 0) is 59.7 Å². The van der Waals surface area contributed by atoms with Crippen LogP contribution in [0, 0.1) is 0 Å². The Morgan fingerprint density at radius 3 is 2.44 bits per heavy atom. The Hall–Kier alpha value is -3.55. The molecule has 0 unspecified atom stereocenters. The van der Waals surface area contributed by atoms with Gasteiger partial charge in [0, 0.05) is 0 Å². The third-order valence-electron chi connectivity index (χ3n) is 4.21. The molecule has 0 aliphatic heterocycles. The number of ether oxygens (including phenoxy) is 2. The highest BCUT2D eigenvalue weighted by atomic mass is 35.5. The molecule has 0 aliphatic carbocycles. The maximum atomic E-state index is 12.0. The first-order valence-electron chi connectivity index (χ1n) is 9.40. The second kappa shape index (κ2) is 11.2. The van der Waals surface area contributed by atoms with Crippen LogP contribution in [0.1, 0.15) is 11.1 Å². The molecule has 0 spiro atoms. The molecule has 0 fully saturated rings. The van der Waals surface area contributed by atoms with E-state index in [1.54, 1.807) is 60.7 Å². The number of halogens is 2. The van der Waals surface area contributed by atoms with Crippen molar-refractivity contribution in [2.45, 2.75) is 6.61 Å². The average Bonchev–Trinajstić information content (AvgIpc) is 2.81. The van der Waals surface area contributed by atoms with Gasteiger partial charge in [0.2, 0.25) is 0 Å². The maximum Gasteiger partial charge on any atom is 0.329 e. The number of hydrogen-bond acceptors (Lipinski definition) is 5. The van der Waals surface area contributed by atoms with Crippen LogP contribution >= 0.6 is 23.2 Å². The van der Waals surface area contributed by atoms with Gasteiger partial charge in [0.1, 0.15) is 18.1 Å². The van der Waals surface area contributed by atoms with Crippen molar-refractivity contribution in [2.75, 3.05) is 12.4 Å². The highest BCUT2D eigenvalue weighted by molar-refractivity contribution is 6.42. The Labute approximate surface area is 194 Å². The van der Waals surface area contributed by atoms with Crippen molar-refractivity contribution >= 4 is 46.9 Å². The first-order chi connectivity index (χ1) is 15.5. The summed E-state index contributed by atoms with van der Waals surface area (Å²) in [6.07, 6.45) is 1.41. The first-order valence-corrected chi connectivity index (χ1v) is 10.2.